The molecule has 0 aliphatic carbocycles. The number of carbonyl (C=O) groups is 1. The highest BCUT2D eigenvalue weighted by atomic mass is 16.5. The lowest BCUT2D eigenvalue weighted by molar-refractivity contribution is -0.122. The van der Waals surface area contributed by atoms with Gasteiger partial charge in [-0.05, 0) is 36.5 Å². The lowest BCUT2D eigenvalue weighted by Crippen LogP contribution is -2.35. The van der Waals surface area contributed by atoms with Crippen LogP contribution in [0.2, 0.25) is 0 Å². The average molecular weight is 293 g/mol. The smallest absolute Gasteiger partial charge is 0.220 e. The van der Waals surface area contributed by atoms with Crippen LogP contribution in [0.25, 0.3) is 0 Å². The number of rotatable bonds is 7. The van der Waals surface area contributed by atoms with Gasteiger partial charge in [0.1, 0.15) is 18.5 Å². The summed E-state index contributed by atoms with van der Waals surface area (Å²) in [5, 5.41) is 12.6. The maximum atomic E-state index is 11.7. The van der Waals surface area contributed by atoms with Gasteiger partial charge in [-0.1, -0.05) is 32.9 Å². The number of benzene rings is 1. The first-order valence-electron chi connectivity index (χ1n) is 7.40. The van der Waals surface area contributed by atoms with Crippen molar-refractivity contribution in [2.24, 2.45) is 5.41 Å². The fraction of sp³-hybridized carbons (Fsp3) is 0.588. The Balaban J connectivity index is 2.22. The quantitative estimate of drug-likeness (QED) is 0.812. The lowest BCUT2D eigenvalue weighted by Gasteiger charge is -2.18. The second-order valence-electron chi connectivity index (χ2n) is 6.65. The Labute approximate surface area is 127 Å². The van der Waals surface area contributed by atoms with E-state index in [4.69, 9.17) is 4.74 Å². The molecule has 1 amide bonds. The molecule has 0 aromatic heterocycles. The molecule has 0 saturated carbocycles. The zero-order valence-corrected chi connectivity index (χ0v) is 13.5. The molecule has 2 N–H and O–H groups in total. The summed E-state index contributed by atoms with van der Waals surface area (Å²) < 4.78 is 5.49. The molecule has 0 spiro atoms. The molecule has 4 nitrogen and oxygen atoms in total. The van der Waals surface area contributed by atoms with Gasteiger partial charge in [-0.25, -0.2) is 0 Å². The summed E-state index contributed by atoms with van der Waals surface area (Å²) in [5.41, 5.74) is 1.25. The summed E-state index contributed by atoms with van der Waals surface area (Å²) in [6, 6.07) is 7.65. The van der Waals surface area contributed by atoms with Crippen LogP contribution in [0.5, 0.6) is 5.75 Å². The van der Waals surface area contributed by atoms with Crippen LogP contribution in [-0.4, -0.2) is 30.3 Å². The summed E-state index contributed by atoms with van der Waals surface area (Å²) in [5.74, 6) is 0.702. The van der Waals surface area contributed by atoms with Crippen LogP contribution in [0.15, 0.2) is 24.3 Å². The minimum absolute atomic E-state index is 0.0282. The van der Waals surface area contributed by atoms with Crippen LogP contribution in [0.3, 0.4) is 0 Å². The van der Waals surface area contributed by atoms with Crippen LogP contribution in [0, 0.1) is 12.3 Å². The van der Waals surface area contributed by atoms with Gasteiger partial charge in [0.15, 0.2) is 0 Å². The number of ether oxygens (including phenoxy) is 1. The third kappa shape index (κ3) is 8.35. The molecule has 4 heteroatoms. The summed E-state index contributed by atoms with van der Waals surface area (Å²) in [7, 11) is 0. The maximum Gasteiger partial charge on any atom is 0.220 e. The first-order valence-corrected chi connectivity index (χ1v) is 7.40. The van der Waals surface area contributed by atoms with E-state index in [0.29, 0.717) is 6.42 Å². The number of aryl methyl sites for hydroxylation is 1. The first-order chi connectivity index (χ1) is 9.76. The lowest BCUT2D eigenvalue weighted by atomic mass is 9.90. The van der Waals surface area contributed by atoms with E-state index >= 15 is 0 Å². The molecule has 0 saturated heterocycles. The van der Waals surface area contributed by atoms with E-state index in [1.54, 1.807) is 0 Å². The predicted molar refractivity (Wildman–Crippen MR) is 84.4 cm³/mol. The fourth-order valence-electron chi connectivity index (χ4n) is 1.77. The Bertz CT molecular complexity index is 452. The van der Waals surface area contributed by atoms with Gasteiger partial charge in [-0.2, -0.15) is 0 Å². The van der Waals surface area contributed by atoms with Gasteiger partial charge in [-0.15, -0.1) is 0 Å². The normalized spacial score (nSPS) is 12.8. The molecule has 0 heterocycles. The molecule has 0 bridgehead atoms. The van der Waals surface area contributed by atoms with Gasteiger partial charge >= 0.3 is 0 Å². The average Bonchev–Trinajstić information content (AvgIpc) is 2.40. The monoisotopic (exact) mass is 293 g/mol. The Morgan fingerprint density at radius 3 is 2.71 bits per heavy atom. The molecule has 0 aliphatic heterocycles. The third-order valence-electron chi connectivity index (χ3n) is 3.07. The zero-order valence-electron chi connectivity index (χ0n) is 13.5. The summed E-state index contributed by atoms with van der Waals surface area (Å²) in [6.07, 6.45) is 0.605. The van der Waals surface area contributed by atoms with E-state index in [1.807, 2.05) is 31.2 Å². The molecule has 0 fully saturated rings. The minimum atomic E-state index is -0.705. The largest absolute Gasteiger partial charge is 0.491 e. The molecule has 1 aromatic carbocycles. The highest BCUT2D eigenvalue weighted by Crippen LogP contribution is 2.20. The predicted octanol–water partition coefficient (Wildman–Crippen LogP) is 2.68. The van der Waals surface area contributed by atoms with Crippen molar-refractivity contribution in [3.8, 4) is 5.75 Å². The van der Waals surface area contributed by atoms with Crippen LogP contribution in [0.1, 0.15) is 39.2 Å². The van der Waals surface area contributed by atoms with Gasteiger partial charge in [0.05, 0.1) is 0 Å². The van der Waals surface area contributed by atoms with Crippen molar-refractivity contribution < 1.29 is 14.6 Å². The molecule has 1 unspecified atom stereocenters. The van der Waals surface area contributed by atoms with E-state index in [0.717, 1.165) is 17.7 Å². The Kier molecular flexibility index (Phi) is 6.69. The van der Waals surface area contributed by atoms with Crippen molar-refractivity contribution in [3.63, 3.8) is 0 Å². The van der Waals surface area contributed by atoms with Crippen LogP contribution >= 0.6 is 0 Å². The number of hydrogen-bond acceptors (Lipinski definition) is 3. The van der Waals surface area contributed by atoms with Crippen molar-refractivity contribution in [1.82, 2.24) is 5.32 Å². The summed E-state index contributed by atoms with van der Waals surface area (Å²) in [6.45, 7) is 8.68. The van der Waals surface area contributed by atoms with Crippen molar-refractivity contribution >= 4 is 5.91 Å². The number of aliphatic hydroxyl groups excluding tert-OH is 1. The first kappa shape index (κ1) is 17.5. The van der Waals surface area contributed by atoms with Gasteiger partial charge in [0.25, 0.3) is 0 Å². The SMILES string of the molecule is Cc1cccc(OCC(O)CNC(=O)CCC(C)(C)C)c1. The van der Waals surface area contributed by atoms with Crippen molar-refractivity contribution in [3.05, 3.63) is 29.8 Å². The molecule has 1 atom stereocenters. The highest BCUT2D eigenvalue weighted by Gasteiger charge is 2.13. The van der Waals surface area contributed by atoms with E-state index in [2.05, 4.69) is 26.1 Å². The number of nitrogens with one attached hydrogen (secondary N) is 1. The Morgan fingerprint density at radius 2 is 2.10 bits per heavy atom. The van der Waals surface area contributed by atoms with Gasteiger partial charge in [0, 0.05) is 13.0 Å². The van der Waals surface area contributed by atoms with Gasteiger partial charge in [-0.3, -0.25) is 4.79 Å². The molecule has 0 radical (unpaired) electrons. The number of amides is 1. The molecular formula is C17H27NO3. The molecular weight excluding hydrogens is 266 g/mol. The van der Waals surface area contributed by atoms with E-state index < -0.39 is 6.10 Å². The summed E-state index contributed by atoms with van der Waals surface area (Å²) >= 11 is 0. The highest BCUT2D eigenvalue weighted by molar-refractivity contribution is 5.75. The van der Waals surface area contributed by atoms with Crippen LogP contribution < -0.4 is 10.1 Å². The van der Waals surface area contributed by atoms with Gasteiger partial charge < -0.3 is 15.2 Å². The zero-order chi connectivity index (χ0) is 15.9. The Hall–Kier alpha value is -1.55. The van der Waals surface area contributed by atoms with Crippen molar-refractivity contribution in [2.75, 3.05) is 13.2 Å². The molecule has 1 rings (SSSR count). The second kappa shape index (κ2) is 8.03. The maximum absolute atomic E-state index is 11.7. The summed E-state index contributed by atoms with van der Waals surface area (Å²) in [4.78, 5) is 11.7. The second-order valence-corrected chi connectivity index (χ2v) is 6.65. The molecule has 21 heavy (non-hydrogen) atoms. The number of aliphatic hydroxyl groups is 1. The van der Waals surface area contributed by atoms with Crippen LogP contribution in [0.4, 0.5) is 0 Å². The molecule has 0 aliphatic rings. The molecule has 1 aromatic rings. The number of carbonyl (C=O) groups excluding carboxylic acids is 1. The van der Waals surface area contributed by atoms with E-state index in [9.17, 15) is 9.90 Å². The van der Waals surface area contributed by atoms with Crippen molar-refractivity contribution in [1.29, 1.82) is 0 Å². The van der Waals surface area contributed by atoms with Crippen LogP contribution in [-0.2, 0) is 4.79 Å². The van der Waals surface area contributed by atoms with E-state index in [-0.39, 0.29) is 24.5 Å². The third-order valence-corrected chi connectivity index (χ3v) is 3.07. The van der Waals surface area contributed by atoms with Gasteiger partial charge in [0.2, 0.25) is 5.91 Å². The molecule has 118 valence electrons. The Morgan fingerprint density at radius 1 is 1.38 bits per heavy atom. The van der Waals surface area contributed by atoms with Crippen molar-refractivity contribution in [2.45, 2.75) is 46.6 Å². The van der Waals surface area contributed by atoms with E-state index in [1.165, 1.54) is 0 Å². The fourth-order valence-corrected chi connectivity index (χ4v) is 1.77. The topological polar surface area (TPSA) is 58.6 Å². The number of hydrogen-bond donors (Lipinski definition) is 2. The minimum Gasteiger partial charge on any atom is -0.491 e. The standard InChI is InChI=1S/C17H27NO3/c1-13-6-5-7-15(10-13)21-12-14(19)11-18-16(20)8-9-17(2,3)4/h5-7,10,14,19H,8-9,11-12H2,1-4H3,(H,18,20).